The molecule has 1 aromatic heterocycles. The Morgan fingerprint density at radius 1 is 0.909 bits per heavy atom. The van der Waals surface area contributed by atoms with E-state index in [1.165, 1.54) is 6.92 Å². The summed E-state index contributed by atoms with van der Waals surface area (Å²) >= 11 is 0. The van der Waals surface area contributed by atoms with Crippen molar-refractivity contribution in [2.45, 2.75) is 19.4 Å². The van der Waals surface area contributed by atoms with Gasteiger partial charge in [-0.15, -0.1) is 0 Å². The fourth-order valence-electron chi connectivity index (χ4n) is 4.09. The molecule has 0 fully saturated rings. The maximum Gasteiger partial charge on any atom is 0.271 e. The molecule has 0 aliphatic carbocycles. The number of aromatic nitrogens is 1. The molecule has 0 atom stereocenters. The molecule has 1 N–H and O–H groups in total. The second-order valence-electron chi connectivity index (χ2n) is 7.81. The van der Waals surface area contributed by atoms with Crippen LogP contribution in [0.5, 0.6) is 5.88 Å². The molecular weight excluding hydrogens is 412 g/mol. The van der Waals surface area contributed by atoms with Gasteiger partial charge in [0, 0.05) is 0 Å². The Morgan fingerprint density at radius 2 is 1.39 bits per heavy atom. The summed E-state index contributed by atoms with van der Waals surface area (Å²) in [5.74, 6) is -1.51. The van der Waals surface area contributed by atoms with Crippen LogP contribution in [0.4, 0.5) is 0 Å². The molecule has 0 amide bonds. The Kier molecular flexibility index (Phi) is 6.19. The van der Waals surface area contributed by atoms with E-state index in [0.29, 0.717) is 0 Å². The number of carbonyl (C=O) groups is 1. The van der Waals surface area contributed by atoms with Gasteiger partial charge in [0.25, 0.3) is 5.56 Å². The molecule has 0 saturated carbocycles. The van der Waals surface area contributed by atoms with Gasteiger partial charge in [0.2, 0.25) is 5.88 Å². The van der Waals surface area contributed by atoms with Gasteiger partial charge in [0.05, 0.1) is 18.0 Å². The topological polar surface area (TPSA) is 83.1 Å². The zero-order valence-corrected chi connectivity index (χ0v) is 18.1. The largest absolute Gasteiger partial charge is 0.494 e. The lowest BCUT2D eigenvalue weighted by atomic mass is 9.83. The molecule has 0 spiro atoms. The molecule has 4 aromatic rings. The highest BCUT2D eigenvalue weighted by atomic mass is 16.3. The highest BCUT2D eigenvalue weighted by molar-refractivity contribution is 6.06. The van der Waals surface area contributed by atoms with E-state index in [1.807, 2.05) is 97.1 Å². The minimum atomic E-state index is -0.703. The zero-order chi connectivity index (χ0) is 23.4. The standard InChI is InChI=1S/C28H22N2O3/c1-19-23(17-29)27(32)30(18-20-11-5-2-6-12-20)28(33)24(19)26(31)25(21-13-7-3-8-14-21)22-15-9-4-10-16-22/h2-16,25,33H,18H2,1H3. The summed E-state index contributed by atoms with van der Waals surface area (Å²) in [7, 11) is 0. The quantitative estimate of drug-likeness (QED) is 0.442. The first-order chi connectivity index (χ1) is 16.0. The van der Waals surface area contributed by atoms with Crippen LogP contribution in [0.15, 0.2) is 95.8 Å². The highest BCUT2D eigenvalue weighted by Gasteiger charge is 2.31. The number of Topliss-reactive ketones (excluding diaryl/α,β-unsaturated/α-hetero) is 1. The molecular formula is C28H22N2O3. The zero-order valence-electron chi connectivity index (χ0n) is 18.1. The predicted octanol–water partition coefficient (Wildman–Crippen LogP) is 4.80. The molecule has 162 valence electrons. The van der Waals surface area contributed by atoms with Crippen molar-refractivity contribution in [1.82, 2.24) is 4.57 Å². The summed E-state index contributed by atoms with van der Waals surface area (Å²) in [5, 5.41) is 20.9. The summed E-state index contributed by atoms with van der Waals surface area (Å²) in [6.07, 6.45) is 0. The van der Waals surface area contributed by atoms with Crippen molar-refractivity contribution in [3.05, 3.63) is 135 Å². The summed E-state index contributed by atoms with van der Waals surface area (Å²) in [5.41, 5.74) is 1.68. The van der Waals surface area contributed by atoms with Gasteiger partial charge in [-0.1, -0.05) is 91.0 Å². The van der Waals surface area contributed by atoms with E-state index in [-0.39, 0.29) is 29.0 Å². The molecule has 0 aliphatic rings. The van der Waals surface area contributed by atoms with Crippen LogP contribution in [-0.2, 0) is 6.54 Å². The van der Waals surface area contributed by atoms with Crippen molar-refractivity contribution in [1.29, 1.82) is 5.26 Å². The molecule has 0 unspecified atom stereocenters. The van der Waals surface area contributed by atoms with Crippen molar-refractivity contribution in [2.24, 2.45) is 0 Å². The van der Waals surface area contributed by atoms with Crippen molar-refractivity contribution in [2.75, 3.05) is 0 Å². The van der Waals surface area contributed by atoms with Gasteiger partial charge in [0.1, 0.15) is 11.6 Å². The summed E-state index contributed by atoms with van der Waals surface area (Å²) in [4.78, 5) is 27.0. The smallest absolute Gasteiger partial charge is 0.271 e. The van der Waals surface area contributed by atoms with Crippen molar-refractivity contribution in [3.8, 4) is 11.9 Å². The fraction of sp³-hybridized carbons (Fsp3) is 0.107. The SMILES string of the molecule is Cc1c(C(=O)C(c2ccccc2)c2ccccc2)c(O)n(Cc2ccccc2)c(=O)c1C#N. The first-order valence-corrected chi connectivity index (χ1v) is 10.6. The lowest BCUT2D eigenvalue weighted by Crippen LogP contribution is -2.28. The van der Waals surface area contributed by atoms with Crippen molar-refractivity contribution >= 4 is 5.78 Å². The predicted molar refractivity (Wildman–Crippen MR) is 126 cm³/mol. The van der Waals surface area contributed by atoms with E-state index >= 15 is 0 Å². The lowest BCUT2D eigenvalue weighted by Gasteiger charge is -2.21. The number of nitriles is 1. The summed E-state index contributed by atoms with van der Waals surface area (Å²) < 4.78 is 1.10. The molecule has 0 radical (unpaired) electrons. The van der Waals surface area contributed by atoms with Crippen molar-refractivity contribution < 1.29 is 9.90 Å². The number of rotatable bonds is 6. The molecule has 0 aliphatic heterocycles. The molecule has 5 heteroatoms. The maximum absolute atomic E-state index is 14.0. The third kappa shape index (κ3) is 4.19. The van der Waals surface area contributed by atoms with Crippen LogP contribution in [-0.4, -0.2) is 15.5 Å². The van der Waals surface area contributed by atoms with Crippen LogP contribution < -0.4 is 5.56 Å². The van der Waals surface area contributed by atoms with Gasteiger partial charge < -0.3 is 5.11 Å². The second-order valence-corrected chi connectivity index (χ2v) is 7.81. The maximum atomic E-state index is 14.0. The van der Waals surface area contributed by atoms with Crippen LogP contribution >= 0.6 is 0 Å². The molecule has 33 heavy (non-hydrogen) atoms. The minimum absolute atomic E-state index is 0.0141. The van der Waals surface area contributed by atoms with Crippen LogP contribution in [0.2, 0.25) is 0 Å². The minimum Gasteiger partial charge on any atom is -0.494 e. The van der Waals surface area contributed by atoms with E-state index in [9.17, 15) is 20.0 Å². The summed E-state index contributed by atoms with van der Waals surface area (Å²) in [6.45, 7) is 1.58. The van der Waals surface area contributed by atoms with Gasteiger partial charge >= 0.3 is 0 Å². The number of benzene rings is 3. The molecule has 0 bridgehead atoms. The highest BCUT2D eigenvalue weighted by Crippen LogP contribution is 2.33. The third-order valence-electron chi connectivity index (χ3n) is 5.76. The normalized spacial score (nSPS) is 10.7. The lowest BCUT2D eigenvalue weighted by molar-refractivity contribution is 0.0969. The van der Waals surface area contributed by atoms with Gasteiger partial charge in [0.15, 0.2) is 5.78 Å². The Balaban J connectivity index is 1.93. The van der Waals surface area contributed by atoms with E-state index in [4.69, 9.17) is 0 Å². The number of aromatic hydroxyl groups is 1. The number of carbonyl (C=O) groups excluding carboxylic acids is 1. The summed E-state index contributed by atoms with van der Waals surface area (Å²) in [6, 6.07) is 29.6. The van der Waals surface area contributed by atoms with Gasteiger partial charge in [-0.3, -0.25) is 14.2 Å². The number of nitrogens with zero attached hydrogens (tertiary/aromatic N) is 2. The van der Waals surface area contributed by atoms with Crippen LogP contribution in [0.25, 0.3) is 0 Å². The molecule has 5 nitrogen and oxygen atoms in total. The second kappa shape index (κ2) is 9.37. The van der Waals surface area contributed by atoms with Gasteiger partial charge in [-0.25, -0.2) is 0 Å². The Morgan fingerprint density at radius 3 is 1.88 bits per heavy atom. The fourth-order valence-corrected chi connectivity index (χ4v) is 4.09. The van der Waals surface area contributed by atoms with Gasteiger partial charge in [-0.2, -0.15) is 5.26 Å². The van der Waals surface area contributed by atoms with E-state index in [2.05, 4.69) is 0 Å². The van der Waals surface area contributed by atoms with E-state index in [0.717, 1.165) is 21.3 Å². The Labute approximate surface area is 191 Å². The van der Waals surface area contributed by atoms with Crippen LogP contribution in [0.1, 0.15) is 44.1 Å². The number of hydrogen-bond donors (Lipinski definition) is 1. The monoisotopic (exact) mass is 434 g/mol. The number of pyridine rings is 1. The first kappa shape index (κ1) is 21.8. The number of ketones is 1. The van der Waals surface area contributed by atoms with E-state index in [1.54, 1.807) is 0 Å². The van der Waals surface area contributed by atoms with Crippen LogP contribution in [0.3, 0.4) is 0 Å². The van der Waals surface area contributed by atoms with Crippen LogP contribution in [0, 0.1) is 18.3 Å². The molecule has 0 saturated heterocycles. The molecule has 3 aromatic carbocycles. The Bertz CT molecular complexity index is 1350. The number of hydrogen-bond acceptors (Lipinski definition) is 4. The van der Waals surface area contributed by atoms with Crippen molar-refractivity contribution in [3.63, 3.8) is 0 Å². The van der Waals surface area contributed by atoms with Gasteiger partial charge in [-0.05, 0) is 29.2 Å². The third-order valence-corrected chi connectivity index (χ3v) is 5.76. The van der Waals surface area contributed by atoms with E-state index < -0.39 is 17.4 Å². The molecule has 4 rings (SSSR count). The average molecular weight is 434 g/mol. The molecule has 1 heterocycles. The first-order valence-electron chi connectivity index (χ1n) is 10.6. The Hall–Kier alpha value is -4.43. The average Bonchev–Trinajstić information content (AvgIpc) is 2.84.